The van der Waals surface area contributed by atoms with Crippen LogP contribution >= 0.6 is 0 Å². The second-order valence-corrected chi connectivity index (χ2v) is 3.18. The van der Waals surface area contributed by atoms with Crippen molar-refractivity contribution in [1.29, 1.82) is 10.5 Å². The van der Waals surface area contributed by atoms with Gasteiger partial charge in [-0.15, -0.1) is 0 Å². The maximum atomic E-state index is 8.63. The predicted molar refractivity (Wildman–Crippen MR) is 56.6 cm³/mol. The van der Waals surface area contributed by atoms with E-state index in [1.807, 2.05) is 12.1 Å². The third kappa shape index (κ3) is 1.97. The fourth-order valence-electron chi connectivity index (χ4n) is 1.41. The molecule has 4 heteroatoms. The first-order chi connectivity index (χ1) is 7.83. The van der Waals surface area contributed by atoms with Crippen LogP contribution in [0.3, 0.4) is 0 Å². The summed E-state index contributed by atoms with van der Waals surface area (Å²) in [7, 11) is 0. The van der Waals surface area contributed by atoms with Gasteiger partial charge in [0.2, 0.25) is 0 Å². The van der Waals surface area contributed by atoms with E-state index in [9.17, 15) is 0 Å². The zero-order valence-corrected chi connectivity index (χ0v) is 8.43. The molecule has 4 nitrogen and oxygen atoms in total. The Morgan fingerprint density at radius 1 is 1.12 bits per heavy atom. The van der Waals surface area contributed by atoms with Crippen LogP contribution in [0.4, 0.5) is 0 Å². The van der Waals surface area contributed by atoms with Crippen molar-refractivity contribution in [2.24, 2.45) is 0 Å². The summed E-state index contributed by atoms with van der Waals surface area (Å²) in [5.74, 6) is 1.34. The Labute approximate surface area is 92.9 Å². The van der Waals surface area contributed by atoms with Crippen LogP contribution in [0.5, 0.6) is 11.5 Å². The summed E-state index contributed by atoms with van der Waals surface area (Å²) in [6.45, 7) is 1.06. The summed E-state index contributed by atoms with van der Waals surface area (Å²) in [6, 6.07) is 8.92. The summed E-state index contributed by atoms with van der Waals surface area (Å²) in [6.07, 6.45) is 1.51. The van der Waals surface area contributed by atoms with Gasteiger partial charge in [0.1, 0.15) is 30.9 Å². The molecule has 16 heavy (non-hydrogen) atoms. The van der Waals surface area contributed by atoms with Crippen LogP contribution in [0.15, 0.2) is 23.8 Å². The van der Waals surface area contributed by atoms with Crippen LogP contribution in [0.2, 0.25) is 0 Å². The summed E-state index contributed by atoms with van der Waals surface area (Å²) in [5.41, 5.74) is 0.819. The van der Waals surface area contributed by atoms with Crippen molar-refractivity contribution in [1.82, 2.24) is 0 Å². The Balaban J connectivity index is 2.35. The SMILES string of the molecule is N#CC(C#N)=Cc1ccc2c(c1)OCCO2. The van der Waals surface area contributed by atoms with Gasteiger partial charge < -0.3 is 9.47 Å². The van der Waals surface area contributed by atoms with Gasteiger partial charge in [0.15, 0.2) is 11.5 Å². The molecule has 1 aliphatic heterocycles. The van der Waals surface area contributed by atoms with E-state index in [-0.39, 0.29) is 5.57 Å². The predicted octanol–water partition coefficient (Wildman–Crippen LogP) is 1.89. The molecule has 0 saturated carbocycles. The minimum Gasteiger partial charge on any atom is -0.486 e. The van der Waals surface area contributed by atoms with E-state index in [4.69, 9.17) is 20.0 Å². The van der Waals surface area contributed by atoms with Crippen molar-refractivity contribution in [2.75, 3.05) is 13.2 Å². The van der Waals surface area contributed by atoms with Gasteiger partial charge in [-0.2, -0.15) is 10.5 Å². The molecule has 1 aromatic rings. The minimum atomic E-state index is 0.0664. The first kappa shape index (κ1) is 10.1. The highest BCUT2D eigenvalue weighted by Gasteiger charge is 2.11. The molecule has 0 amide bonds. The van der Waals surface area contributed by atoms with E-state index in [2.05, 4.69) is 0 Å². The second-order valence-electron chi connectivity index (χ2n) is 3.18. The van der Waals surface area contributed by atoms with Gasteiger partial charge in [0.05, 0.1) is 0 Å². The molecule has 0 radical (unpaired) electrons. The first-order valence-corrected chi connectivity index (χ1v) is 4.75. The first-order valence-electron chi connectivity index (χ1n) is 4.75. The van der Waals surface area contributed by atoms with Crippen LogP contribution in [-0.4, -0.2) is 13.2 Å². The van der Waals surface area contributed by atoms with E-state index in [1.165, 1.54) is 6.08 Å². The fourth-order valence-corrected chi connectivity index (χ4v) is 1.41. The monoisotopic (exact) mass is 212 g/mol. The average molecular weight is 212 g/mol. The molecule has 0 aliphatic carbocycles. The lowest BCUT2D eigenvalue weighted by atomic mass is 10.1. The molecule has 78 valence electrons. The average Bonchev–Trinajstić information content (AvgIpc) is 2.35. The third-order valence-electron chi connectivity index (χ3n) is 2.12. The molecular formula is C12H8N2O2. The van der Waals surface area contributed by atoms with Gasteiger partial charge in [-0.3, -0.25) is 0 Å². The van der Waals surface area contributed by atoms with Crippen LogP contribution in [-0.2, 0) is 0 Å². The standard InChI is InChI=1S/C12H8N2O2/c13-7-10(8-14)5-9-1-2-11-12(6-9)16-4-3-15-11/h1-2,5-6H,3-4H2. The molecule has 1 aromatic carbocycles. The molecule has 0 fully saturated rings. The quantitative estimate of drug-likeness (QED) is 0.666. The third-order valence-corrected chi connectivity index (χ3v) is 2.12. The Morgan fingerprint density at radius 3 is 2.50 bits per heavy atom. The lowest BCUT2D eigenvalue weighted by Crippen LogP contribution is -2.15. The number of benzene rings is 1. The molecule has 0 saturated heterocycles. The maximum absolute atomic E-state index is 8.63. The largest absolute Gasteiger partial charge is 0.486 e. The molecule has 0 unspecified atom stereocenters. The van der Waals surface area contributed by atoms with Crippen LogP contribution in [0, 0.1) is 22.7 Å². The van der Waals surface area contributed by atoms with Gasteiger partial charge >= 0.3 is 0 Å². The number of nitriles is 2. The van der Waals surface area contributed by atoms with Gasteiger partial charge in [0.25, 0.3) is 0 Å². The molecule has 0 N–H and O–H groups in total. The number of hydrogen-bond acceptors (Lipinski definition) is 4. The van der Waals surface area contributed by atoms with Gasteiger partial charge in [-0.25, -0.2) is 0 Å². The summed E-state index contributed by atoms with van der Waals surface area (Å²) >= 11 is 0. The zero-order valence-electron chi connectivity index (χ0n) is 8.43. The van der Waals surface area contributed by atoms with Crippen molar-refractivity contribution in [2.45, 2.75) is 0 Å². The van der Waals surface area contributed by atoms with E-state index < -0.39 is 0 Å². The minimum absolute atomic E-state index is 0.0664. The smallest absolute Gasteiger partial charge is 0.161 e. The highest BCUT2D eigenvalue weighted by atomic mass is 16.6. The Bertz CT molecular complexity index is 505. The highest BCUT2D eigenvalue weighted by Crippen LogP contribution is 2.31. The normalized spacial score (nSPS) is 12.1. The molecule has 0 aromatic heterocycles. The van der Waals surface area contributed by atoms with Gasteiger partial charge in [0, 0.05) is 0 Å². The number of hydrogen-bond donors (Lipinski definition) is 0. The Hall–Kier alpha value is -2.46. The van der Waals surface area contributed by atoms with Gasteiger partial charge in [-0.1, -0.05) is 6.07 Å². The van der Waals surface area contributed by atoms with E-state index in [1.54, 1.807) is 18.2 Å². The zero-order chi connectivity index (χ0) is 11.4. The number of allylic oxidation sites excluding steroid dienone is 1. The van der Waals surface area contributed by atoms with Crippen molar-refractivity contribution in [3.8, 4) is 23.6 Å². The molecule has 2 rings (SSSR count). The molecule has 0 atom stereocenters. The fraction of sp³-hybridized carbons (Fsp3) is 0.167. The van der Waals surface area contributed by atoms with E-state index in [0.717, 1.165) is 5.56 Å². The number of fused-ring (bicyclic) bond motifs is 1. The van der Waals surface area contributed by atoms with Crippen LogP contribution < -0.4 is 9.47 Å². The Kier molecular flexibility index (Phi) is 2.75. The summed E-state index contributed by atoms with van der Waals surface area (Å²) in [5, 5.41) is 17.3. The molecular weight excluding hydrogens is 204 g/mol. The number of nitrogens with zero attached hydrogens (tertiary/aromatic N) is 2. The lowest BCUT2D eigenvalue weighted by molar-refractivity contribution is 0.171. The highest BCUT2D eigenvalue weighted by molar-refractivity contribution is 5.64. The van der Waals surface area contributed by atoms with Crippen molar-refractivity contribution in [3.05, 3.63) is 29.3 Å². The molecule has 0 spiro atoms. The lowest BCUT2D eigenvalue weighted by Gasteiger charge is -2.18. The molecule has 1 heterocycles. The molecule has 0 bridgehead atoms. The van der Waals surface area contributed by atoms with Crippen molar-refractivity contribution < 1.29 is 9.47 Å². The van der Waals surface area contributed by atoms with E-state index >= 15 is 0 Å². The van der Waals surface area contributed by atoms with Crippen molar-refractivity contribution in [3.63, 3.8) is 0 Å². The van der Waals surface area contributed by atoms with Crippen LogP contribution in [0.1, 0.15) is 5.56 Å². The van der Waals surface area contributed by atoms with Crippen molar-refractivity contribution >= 4 is 6.08 Å². The van der Waals surface area contributed by atoms with E-state index in [0.29, 0.717) is 24.7 Å². The molecule has 1 aliphatic rings. The van der Waals surface area contributed by atoms with Gasteiger partial charge in [-0.05, 0) is 23.8 Å². The number of rotatable bonds is 1. The van der Waals surface area contributed by atoms with Crippen LogP contribution in [0.25, 0.3) is 6.08 Å². The topological polar surface area (TPSA) is 66.0 Å². The second kappa shape index (κ2) is 4.37. The Morgan fingerprint density at radius 2 is 1.81 bits per heavy atom. The summed E-state index contributed by atoms with van der Waals surface area (Å²) < 4.78 is 10.8. The number of ether oxygens (including phenoxy) is 2. The summed E-state index contributed by atoms with van der Waals surface area (Å²) in [4.78, 5) is 0. The maximum Gasteiger partial charge on any atom is 0.161 e.